The van der Waals surface area contributed by atoms with E-state index in [0.717, 1.165) is 77.7 Å². The van der Waals surface area contributed by atoms with Gasteiger partial charge in [-0.15, -0.1) is 0 Å². The van der Waals surface area contributed by atoms with Crippen LogP contribution in [0.3, 0.4) is 0 Å². The van der Waals surface area contributed by atoms with Crippen molar-refractivity contribution in [3.05, 3.63) is 75.9 Å². The molecule has 1 fully saturated rings. The molecule has 0 aromatic heterocycles. The smallest absolute Gasteiger partial charge is 0.417 e. The first-order valence-electron chi connectivity index (χ1n) is 13.1. The van der Waals surface area contributed by atoms with E-state index in [9.17, 15) is 35.9 Å². The molecule has 0 amide bonds. The number of alkyl halides is 6. The molecule has 0 bridgehead atoms. The number of hydrogen-bond donors (Lipinski definition) is 0. The molecule has 40 heavy (non-hydrogen) atoms. The molecule has 0 saturated heterocycles. The van der Waals surface area contributed by atoms with Gasteiger partial charge in [-0.1, -0.05) is 37.5 Å². The molecule has 0 unspecified atom stereocenters. The second-order valence-electron chi connectivity index (χ2n) is 9.85. The molecular formula is C30H32F6O4. The Morgan fingerprint density at radius 1 is 0.725 bits per heavy atom. The van der Waals surface area contributed by atoms with Gasteiger partial charge in [-0.2, -0.15) is 26.3 Å². The average Bonchev–Trinajstić information content (AvgIpc) is 2.96. The molecule has 0 heterocycles. The molecule has 0 radical (unpaired) electrons. The van der Waals surface area contributed by atoms with Crippen LogP contribution >= 0.6 is 0 Å². The van der Waals surface area contributed by atoms with E-state index in [1.807, 2.05) is 6.08 Å². The van der Waals surface area contributed by atoms with Gasteiger partial charge in [0.1, 0.15) is 0 Å². The zero-order valence-electron chi connectivity index (χ0n) is 22.4. The fourth-order valence-electron chi connectivity index (χ4n) is 5.20. The van der Waals surface area contributed by atoms with E-state index in [-0.39, 0.29) is 22.6 Å². The molecule has 4 nitrogen and oxygen atoms in total. The van der Waals surface area contributed by atoms with Gasteiger partial charge in [0.15, 0.2) is 0 Å². The summed E-state index contributed by atoms with van der Waals surface area (Å²) in [6.07, 6.45) is 0.806. The third kappa shape index (κ3) is 7.88. The Kier molecular flexibility index (Phi) is 10.4. The number of carbonyl (C=O) groups is 2. The topological polar surface area (TPSA) is 52.6 Å². The minimum absolute atomic E-state index is 0.0561. The third-order valence-electron chi connectivity index (χ3n) is 7.21. The number of hydrogen-bond acceptors (Lipinski definition) is 4. The Balaban J connectivity index is 0.000000220. The minimum atomic E-state index is -4.49. The zero-order valence-corrected chi connectivity index (χ0v) is 22.4. The summed E-state index contributed by atoms with van der Waals surface area (Å²) in [5.74, 6) is -1.57. The summed E-state index contributed by atoms with van der Waals surface area (Å²) in [4.78, 5) is 22.8. The highest BCUT2D eigenvalue weighted by atomic mass is 19.4. The fraction of sp³-hybridized carbons (Fsp3) is 0.467. The molecule has 10 heteroatoms. The van der Waals surface area contributed by atoms with E-state index in [1.54, 1.807) is 0 Å². The summed E-state index contributed by atoms with van der Waals surface area (Å²) >= 11 is 0. The van der Waals surface area contributed by atoms with E-state index < -0.39 is 35.4 Å². The van der Waals surface area contributed by atoms with Crippen molar-refractivity contribution in [1.82, 2.24) is 0 Å². The van der Waals surface area contributed by atoms with Gasteiger partial charge in [0.05, 0.1) is 36.5 Å². The number of ether oxygens (including phenoxy) is 2. The number of allylic oxidation sites excluding steroid dienone is 2. The largest absolute Gasteiger partial charge is 0.465 e. The zero-order chi connectivity index (χ0) is 29.5. The summed E-state index contributed by atoms with van der Waals surface area (Å²) in [7, 11) is 2.30. The van der Waals surface area contributed by atoms with Crippen molar-refractivity contribution in [2.24, 2.45) is 0 Å². The highest BCUT2D eigenvalue weighted by Gasteiger charge is 2.37. The molecular weight excluding hydrogens is 538 g/mol. The predicted molar refractivity (Wildman–Crippen MR) is 138 cm³/mol. The van der Waals surface area contributed by atoms with Crippen LogP contribution in [0.4, 0.5) is 26.3 Å². The molecule has 2 aliphatic rings. The van der Waals surface area contributed by atoms with E-state index in [4.69, 9.17) is 0 Å². The van der Waals surface area contributed by atoms with Crippen molar-refractivity contribution < 1.29 is 45.4 Å². The lowest BCUT2D eigenvalue weighted by Gasteiger charge is -2.25. The second kappa shape index (κ2) is 13.4. The summed E-state index contributed by atoms with van der Waals surface area (Å²) in [6.45, 7) is 0. The summed E-state index contributed by atoms with van der Waals surface area (Å²) < 4.78 is 88.1. The third-order valence-corrected chi connectivity index (χ3v) is 7.21. The van der Waals surface area contributed by atoms with Gasteiger partial charge in [-0.25, -0.2) is 9.59 Å². The number of halogens is 6. The van der Waals surface area contributed by atoms with Gasteiger partial charge >= 0.3 is 24.3 Å². The molecule has 4 rings (SSSR count). The number of benzene rings is 2. The number of esters is 2. The number of methoxy groups -OCH3 is 2. The van der Waals surface area contributed by atoms with Crippen LogP contribution in [0.5, 0.6) is 0 Å². The van der Waals surface area contributed by atoms with Crippen molar-refractivity contribution in [2.45, 2.75) is 76.1 Å². The van der Waals surface area contributed by atoms with Gasteiger partial charge in [0, 0.05) is 0 Å². The maximum atomic E-state index is 13.2. The first-order valence-corrected chi connectivity index (χ1v) is 13.1. The summed E-state index contributed by atoms with van der Waals surface area (Å²) in [6, 6.07) is 7.39. The Labute approximate surface area is 229 Å². The average molecular weight is 571 g/mol. The van der Waals surface area contributed by atoms with E-state index in [0.29, 0.717) is 17.6 Å². The quantitative estimate of drug-likeness (QED) is 0.272. The number of rotatable bonds is 4. The SMILES string of the molecule is COC(=O)c1ccc(C2=CCCCC2)c(C(F)(F)F)c1.COC(=O)c1ccc(C2CCCCC2)c(C(F)(F)F)c1. The normalized spacial score (nSPS) is 16.4. The van der Waals surface area contributed by atoms with Crippen molar-refractivity contribution in [3.63, 3.8) is 0 Å². The summed E-state index contributed by atoms with van der Waals surface area (Å²) in [5, 5.41) is 0. The van der Waals surface area contributed by atoms with Crippen LogP contribution in [-0.2, 0) is 21.8 Å². The van der Waals surface area contributed by atoms with E-state index in [1.165, 1.54) is 24.3 Å². The Morgan fingerprint density at radius 2 is 1.27 bits per heavy atom. The molecule has 0 N–H and O–H groups in total. The summed E-state index contributed by atoms with van der Waals surface area (Å²) in [5.41, 5.74) is -0.421. The maximum Gasteiger partial charge on any atom is 0.417 e. The lowest BCUT2D eigenvalue weighted by molar-refractivity contribution is -0.139. The fourth-order valence-corrected chi connectivity index (χ4v) is 5.20. The van der Waals surface area contributed by atoms with Crippen LogP contribution in [0.25, 0.3) is 5.57 Å². The minimum Gasteiger partial charge on any atom is -0.465 e. The van der Waals surface area contributed by atoms with Gasteiger partial charge in [-0.3, -0.25) is 0 Å². The molecule has 218 valence electrons. The lowest BCUT2D eigenvalue weighted by atomic mass is 9.81. The van der Waals surface area contributed by atoms with Gasteiger partial charge in [-0.05, 0) is 85.4 Å². The van der Waals surface area contributed by atoms with Crippen LogP contribution in [0.15, 0.2) is 42.5 Å². The Bertz CT molecular complexity index is 1220. The highest BCUT2D eigenvalue weighted by molar-refractivity contribution is 5.90. The number of carbonyl (C=O) groups excluding carboxylic acids is 2. The van der Waals surface area contributed by atoms with Crippen LogP contribution in [0.2, 0.25) is 0 Å². The van der Waals surface area contributed by atoms with E-state index in [2.05, 4.69) is 9.47 Å². The van der Waals surface area contributed by atoms with Gasteiger partial charge in [0.2, 0.25) is 0 Å². The van der Waals surface area contributed by atoms with Crippen molar-refractivity contribution in [3.8, 4) is 0 Å². The Hall–Kier alpha value is -3.30. The van der Waals surface area contributed by atoms with Crippen molar-refractivity contribution in [2.75, 3.05) is 14.2 Å². The van der Waals surface area contributed by atoms with Crippen LogP contribution in [0.1, 0.15) is 107 Å². The molecule has 0 atom stereocenters. The monoisotopic (exact) mass is 570 g/mol. The van der Waals surface area contributed by atoms with Crippen LogP contribution in [0, 0.1) is 0 Å². The van der Waals surface area contributed by atoms with E-state index >= 15 is 0 Å². The van der Waals surface area contributed by atoms with Crippen molar-refractivity contribution in [1.29, 1.82) is 0 Å². The second-order valence-corrected chi connectivity index (χ2v) is 9.85. The Morgan fingerprint density at radius 3 is 1.77 bits per heavy atom. The van der Waals surface area contributed by atoms with Crippen molar-refractivity contribution >= 4 is 17.5 Å². The van der Waals surface area contributed by atoms with Crippen LogP contribution in [-0.4, -0.2) is 26.2 Å². The molecule has 2 aliphatic carbocycles. The molecule has 2 aromatic rings. The maximum absolute atomic E-state index is 13.2. The standard InChI is InChI=1S/C15H17F3O2.C15H15F3O2/c2*1-20-14(19)11-7-8-12(10-5-3-2-4-6-10)13(9-11)15(16,17)18/h7-10H,2-6H2,1H3;5,7-9H,2-4,6H2,1H3. The molecule has 0 spiro atoms. The first kappa shape index (κ1) is 31.2. The van der Waals surface area contributed by atoms with Crippen LogP contribution < -0.4 is 0 Å². The molecule has 0 aliphatic heterocycles. The molecule has 2 aromatic carbocycles. The lowest BCUT2D eigenvalue weighted by Crippen LogP contribution is -2.16. The van der Waals surface area contributed by atoms with Gasteiger partial charge in [0.25, 0.3) is 0 Å². The first-order chi connectivity index (χ1) is 18.9. The van der Waals surface area contributed by atoms with Gasteiger partial charge < -0.3 is 9.47 Å². The molecule has 1 saturated carbocycles. The predicted octanol–water partition coefficient (Wildman–Crippen LogP) is 8.99. The highest BCUT2D eigenvalue weighted by Crippen LogP contribution is 2.41.